The molecule has 0 amide bonds. The van der Waals surface area contributed by atoms with Crippen molar-refractivity contribution in [1.82, 2.24) is 4.98 Å². The highest BCUT2D eigenvalue weighted by Crippen LogP contribution is 2.15. The van der Waals surface area contributed by atoms with Gasteiger partial charge in [-0.25, -0.2) is 4.98 Å². The Balaban J connectivity index is 1.61. The molecule has 0 aliphatic carbocycles. The van der Waals surface area contributed by atoms with Gasteiger partial charge in [-0.05, 0) is 35.9 Å². The van der Waals surface area contributed by atoms with E-state index in [0.717, 1.165) is 17.0 Å². The number of carbonyl (C=O) groups is 1. The van der Waals surface area contributed by atoms with Crippen molar-refractivity contribution in [2.24, 2.45) is 0 Å². The zero-order valence-electron chi connectivity index (χ0n) is 13.3. The molecule has 3 rings (SSSR count). The van der Waals surface area contributed by atoms with Crippen LogP contribution in [-0.4, -0.2) is 10.8 Å². The summed E-state index contributed by atoms with van der Waals surface area (Å²) in [6, 6.07) is 16.2. The van der Waals surface area contributed by atoms with Crippen LogP contribution >= 0.6 is 11.3 Å². The number of allylic oxidation sites excluding steroid dienone is 1. The van der Waals surface area contributed by atoms with Crippen LogP contribution in [0.4, 0.5) is 0 Å². The second-order valence-electron chi connectivity index (χ2n) is 5.23. The maximum absolute atomic E-state index is 12.2. The fourth-order valence-corrected chi connectivity index (χ4v) is 2.69. The standard InChI is InChI=1S/C20H14N2O2S/c21-11-16-2-1-3-17(10-16)20(23)9-6-15-4-7-19(8-5-15)24-12-18-13-25-14-22-18/h1-10,13-14H,12H2/b9-6+. The summed E-state index contributed by atoms with van der Waals surface area (Å²) in [7, 11) is 0. The number of hydrogen-bond donors (Lipinski definition) is 0. The Morgan fingerprint density at radius 2 is 2.08 bits per heavy atom. The number of nitrogens with zero attached hydrogens (tertiary/aromatic N) is 2. The predicted octanol–water partition coefficient (Wildman–Crippen LogP) is 4.49. The van der Waals surface area contributed by atoms with E-state index in [9.17, 15) is 4.79 Å². The first-order valence-electron chi connectivity index (χ1n) is 7.57. The Labute approximate surface area is 149 Å². The molecule has 1 aromatic heterocycles. The normalized spacial score (nSPS) is 10.5. The van der Waals surface area contributed by atoms with Crippen LogP contribution in [0.15, 0.2) is 65.5 Å². The van der Waals surface area contributed by atoms with Crippen molar-refractivity contribution in [1.29, 1.82) is 5.26 Å². The average Bonchev–Trinajstić information content (AvgIpc) is 3.19. The lowest BCUT2D eigenvalue weighted by molar-refractivity contribution is 0.104. The van der Waals surface area contributed by atoms with Gasteiger partial charge in [0.25, 0.3) is 0 Å². The van der Waals surface area contributed by atoms with E-state index in [1.165, 1.54) is 17.4 Å². The fourth-order valence-electron chi connectivity index (χ4n) is 2.15. The maximum Gasteiger partial charge on any atom is 0.185 e. The molecule has 0 radical (unpaired) electrons. The molecule has 0 bridgehead atoms. The number of hydrogen-bond acceptors (Lipinski definition) is 5. The number of nitriles is 1. The van der Waals surface area contributed by atoms with Gasteiger partial charge >= 0.3 is 0 Å². The summed E-state index contributed by atoms with van der Waals surface area (Å²) in [5, 5.41) is 10.8. The van der Waals surface area contributed by atoms with E-state index in [1.807, 2.05) is 35.7 Å². The van der Waals surface area contributed by atoms with Crippen molar-refractivity contribution in [3.8, 4) is 11.8 Å². The molecular formula is C20H14N2O2S. The summed E-state index contributed by atoms with van der Waals surface area (Å²) in [6.45, 7) is 0.437. The third kappa shape index (κ3) is 4.63. The lowest BCUT2D eigenvalue weighted by Gasteiger charge is -2.04. The van der Waals surface area contributed by atoms with Gasteiger partial charge in [-0.15, -0.1) is 11.3 Å². The quantitative estimate of drug-likeness (QED) is 0.487. The van der Waals surface area contributed by atoms with Crippen molar-refractivity contribution in [3.05, 3.63) is 87.9 Å². The largest absolute Gasteiger partial charge is 0.487 e. The first-order chi connectivity index (χ1) is 12.2. The van der Waals surface area contributed by atoms with Crippen molar-refractivity contribution >= 4 is 23.2 Å². The Kier molecular flexibility index (Phi) is 5.35. The minimum Gasteiger partial charge on any atom is -0.487 e. The van der Waals surface area contributed by atoms with Crippen LogP contribution in [0, 0.1) is 11.3 Å². The average molecular weight is 346 g/mol. The zero-order valence-corrected chi connectivity index (χ0v) is 14.1. The van der Waals surface area contributed by atoms with Crippen molar-refractivity contribution in [2.75, 3.05) is 0 Å². The molecule has 1 heterocycles. The van der Waals surface area contributed by atoms with E-state index in [0.29, 0.717) is 17.7 Å². The third-order valence-electron chi connectivity index (χ3n) is 3.45. The number of ether oxygens (including phenoxy) is 1. The molecule has 0 fully saturated rings. The van der Waals surface area contributed by atoms with Crippen LogP contribution in [0.25, 0.3) is 6.08 Å². The topological polar surface area (TPSA) is 63.0 Å². The van der Waals surface area contributed by atoms with Crippen molar-refractivity contribution in [2.45, 2.75) is 6.61 Å². The van der Waals surface area contributed by atoms with Gasteiger partial charge in [0.2, 0.25) is 0 Å². The van der Waals surface area contributed by atoms with E-state index in [2.05, 4.69) is 4.98 Å². The number of thiazole rings is 1. The van der Waals surface area contributed by atoms with Gasteiger partial charge in [0.15, 0.2) is 5.78 Å². The van der Waals surface area contributed by atoms with Crippen LogP contribution in [0.2, 0.25) is 0 Å². The highest BCUT2D eigenvalue weighted by molar-refractivity contribution is 7.07. The fraction of sp³-hybridized carbons (Fsp3) is 0.0500. The predicted molar refractivity (Wildman–Crippen MR) is 97.4 cm³/mol. The summed E-state index contributed by atoms with van der Waals surface area (Å²) in [6.07, 6.45) is 3.24. The lowest BCUT2D eigenvalue weighted by atomic mass is 10.1. The highest BCUT2D eigenvalue weighted by Gasteiger charge is 2.03. The molecule has 0 spiro atoms. The van der Waals surface area contributed by atoms with Gasteiger partial charge in [0.05, 0.1) is 22.8 Å². The highest BCUT2D eigenvalue weighted by atomic mass is 32.1. The number of ketones is 1. The van der Waals surface area contributed by atoms with Gasteiger partial charge in [-0.3, -0.25) is 4.79 Å². The monoisotopic (exact) mass is 346 g/mol. The van der Waals surface area contributed by atoms with E-state index < -0.39 is 0 Å². The van der Waals surface area contributed by atoms with Gasteiger partial charge < -0.3 is 4.74 Å². The van der Waals surface area contributed by atoms with E-state index in [-0.39, 0.29) is 5.78 Å². The van der Waals surface area contributed by atoms with Crippen LogP contribution in [0.3, 0.4) is 0 Å². The molecular weight excluding hydrogens is 332 g/mol. The number of rotatable bonds is 6. The summed E-state index contributed by atoms with van der Waals surface area (Å²) in [4.78, 5) is 16.3. The number of carbonyl (C=O) groups excluding carboxylic acids is 1. The van der Waals surface area contributed by atoms with E-state index in [4.69, 9.17) is 10.00 Å². The molecule has 5 heteroatoms. The smallest absolute Gasteiger partial charge is 0.185 e. The van der Waals surface area contributed by atoms with Crippen LogP contribution < -0.4 is 4.74 Å². The Morgan fingerprint density at radius 1 is 1.24 bits per heavy atom. The van der Waals surface area contributed by atoms with Gasteiger partial charge in [0.1, 0.15) is 12.4 Å². The van der Waals surface area contributed by atoms with E-state index in [1.54, 1.807) is 35.9 Å². The maximum atomic E-state index is 12.2. The van der Waals surface area contributed by atoms with Crippen LogP contribution in [0.5, 0.6) is 5.75 Å². The molecule has 0 N–H and O–H groups in total. The lowest BCUT2D eigenvalue weighted by Crippen LogP contribution is -1.95. The molecule has 0 unspecified atom stereocenters. The molecule has 0 saturated carbocycles. The first kappa shape index (κ1) is 16.6. The summed E-state index contributed by atoms with van der Waals surface area (Å²) in [5.41, 5.74) is 4.54. The van der Waals surface area contributed by atoms with Crippen molar-refractivity contribution in [3.63, 3.8) is 0 Å². The molecule has 2 aromatic carbocycles. The molecule has 0 saturated heterocycles. The number of benzene rings is 2. The van der Waals surface area contributed by atoms with Crippen molar-refractivity contribution < 1.29 is 9.53 Å². The summed E-state index contributed by atoms with van der Waals surface area (Å²) < 4.78 is 5.65. The van der Waals surface area contributed by atoms with Gasteiger partial charge in [0, 0.05) is 10.9 Å². The summed E-state index contributed by atoms with van der Waals surface area (Å²) in [5.74, 6) is 0.610. The first-order valence-corrected chi connectivity index (χ1v) is 8.51. The van der Waals surface area contributed by atoms with Gasteiger partial charge in [-0.2, -0.15) is 5.26 Å². The van der Waals surface area contributed by atoms with Crippen LogP contribution in [0.1, 0.15) is 27.2 Å². The Bertz CT molecular complexity index is 923. The second kappa shape index (κ2) is 8.04. The molecule has 25 heavy (non-hydrogen) atoms. The SMILES string of the molecule is N#Cc1cccc(C(=O)/C=C/c2ccc(OCc3cscn3)cc2)c1. The number of aromatic nitrogens is 1. The molecule has 3 aromatic rings. The molecule has 122 valence electrons. The Morgan fingerprint density at radius 3 is 2.80 bits per heavy atom. The second-order valence-corrected chi connectivity index (χ2v) is 5.95. The molecule has 0 aliphatic heterocycles. The summed E-state index contributed by atoms with van der Waals surface area (Å²) >= 11 is 1.54. The molecule has 0 atom stereocenters. The molecule has 0 aliphatic rings. The Hall–Kier alpha value is -3.23. The zero-order chi connectivity index (χ0) is 17.5. The minimum atomic E-state index is -0.138. The minimum absolute atomic E-state index is 0.138. The third-order valence-corrected chi connectivity index (χ3v) is 4.09. The van der Waals surface area contributed by atoms with Gasteiger partial charge in [-0.1, -0.05) is 30.3 Å². The van der Waals surface area contributed by atoms with E-state index >= 15 is 0 Å². The van der Waals surface area contributed by atoms with Crippen LogP contribution in [-0.2, 0) is 6.61 Å². The molecule has 4 nitrogen and oxygen atoms in total.